The van der Waals surface area contributed by atoms with E-state index in [9.17, 15) is 4.79 Å². The van der Waals surface area contributed by atoms with Gasteiger partial charge in [0.2, 0.25) is 6.79 Å². The SMILES string of the molecule is Nc1c(C(=O)Nc2ccc3c(c2)OCO3)sc2nc3c(cc12)CCCCC3. The first-order valence-corrected chi connectivity index (χ1v) is 9.92. The summed E-state index contributed by atoms with van der Waals surface area (Å²) in [6.07, 6.45) is 5.63. The Kier molecular flexibility index (Phi) is 3.89. The molecule has 0 saturated heterocycles. The van der Waals surface area contributed by atoms with Crippen LogP contribution >= 0.6 is 11.3 Å². The lowest BCUT2D eigenvalue weighted by atomic mass is 10.1. The van der Waals surface area contributed by atoms with Crippen LogP contribution in [0.5, 0.6) is 11.5 Å². The minimum absolute atomic E-state index is 0.201. The molecule has 6 nitrogen and oxygen atoms in total. The van der Waals surface area contributed by atoms with Gasteiger partial charge in [-0.3, -0.25) is 4.79 Å². The Morgan fingerprint density at radius 1 is 1.11 bits per heavy atom. The highest BCUT2D eigenvalue weighted by atomic mass is 32.1. The maximum atomic E-state index is 12.8. The third-order valence-corrected chi connectivity index (χ3v) is 6.20. The van der Waals surface area contributed by atoms with Crippen molar-refractivity contribution in [2.24, 2.45) is 0 Å². The van der Waals surface area contributed by atoms with Crippen LogP contribution in [0.1, 0.15) is 40.2 Å². The van der Waals surface area contributed by atoms with E-state index in [2.05, 4.69) is 11.4 Å². The summed E-state index contributed by atoms with van der Waals surface area (Å²) in [6, 6.07) is 7.45. The zero-order valence-electron chi connectivity index (χ0n) is 14.7. The molecule has 0 unspecified atom stereocenters. The number of amides is 1. The summed E-state index contributed by atoms with van der Waals surface area (Å²) in [6.45, 7) is 0.201. The van der Waals surface area contributed by atoms with Crippen LogP contribution in [0.3, 0.4) is 0 Å². The number of carbonyl (C=O) groups is 1. The number of pyridine rings is 1. The summed E-state index contributed by atoms with van der Waals surface area (Å²) in [5.74, 6) is 1.08. The van der Waals surface area contributed by atoms with Crippen molar-refractivity contribution in [3.05, 3.63) is 40.4 Å². The summed E-state index contributed by atoms with van der Waals surface area (Å²) < 4.78 is 10.7. The van der Waals surface area contributed by atoms with E-state index >= 15 is 0 Å². The number of benzene rings is 1. The van der Waals surface area contributed by atoms with Gasteiger partial charge in [0, 0.05) is 22.8 Å². The van der Waals surface area contributed by atoms with Gasteiger partial charge in [0.1, 0.15) is 9.71 Å². The number of nitrogens with two attached hydrogens (primary N) is 1. The molecule has 27 heavy (non-hydrogen) atoms. The quantitative estimate of drug-likeness (QED) is 0.652. The van der Waals surface area contributed by atoms with E-state index in [0.717, 1.165) is 28.8 Å². The van der Waals surface area contributed by atoms with Crippen molar-refractivity contribution in [1.82, 2.24) is 4.98 Å². The van der Waals surface area contributed by atoms with E-state index in [1.54, 1.807) is 18.2 Å². The molecule has 0 atom stereocenters. The Bertz CT molecular complexity index is 1060. The lowest BCUT2D eigenvalue weighted by Crippen LogP contribution is -2.11. The van der Waals surface area contributed by atoms with Crippen LogP contribution in [0, 0.1) is 0 Å². The molecule has 1 amide bonds. The number of ether oxygens (including phenoxy) is 2. The third-order valence-electron chi connectivity index (χ3n) is 5.09. The molecule has 0 fully saturated rings. The first-order chi connectivity index (χ1) is 13.2. The number of thiophene rings is 1. The number of fused-ring (bicyclic) bond motifs is 3. The predicted molar refractivity (Wildman–Crippen MR) is 106 cm³/mol. The number of aromatic nitrogens is 1. The molecule has 1 aliphatic carbocycles. The second kappa shape index (κ2) is 6.42. The monoisotopic (exact) mass is 381 g/mol. The van der Waals surface area contributed by atoms with E-state index < -0.39 is 0 Å². The second-order valence-corrected chi connectivity index (χ2v) is 7.87. The molecule has 0 bridgehead atoms. The molecule has 0 radical (unpaired) electrons. The molecule has 0 saturated carbocycles. The van der Waals surface area contributed by atoms with Crippen LogP contribution in [0.25, 0.3) is 10.2 Å². The first-order valence-electron chi connectivity index (χ1n) is 9.11. The Balaban J connectivity index is 1.47. The number of nitrogen functional groups attached to an aromatic ring is 1. The first kappa shape index (κ1) is 16.4. The van der Waals surface area contributed by atoms with Gasteiger partial charge >= 0.3 is 0 Å². The maximum absolute atomic E-state index is 12.8. The summed E-state index contributed by atoms with van der Waals surface area (Å²) in [7, 11) is 0. The summed E-state index contributed by atoms with van der Waals surface area (Å²) in [5, 5.41) is 3.78. The van der Waals surface area contributed by atoms with E-state index in [-0.39, 0.29) is 12.7 Å². The smallest absolute Gasteiger partial charge is 0.267 e. The van der Waals surface area contributed by atoms with Gasteiger partial charge in [0.25, 0.3) is 5.91 Å². The number of anilines is 2. The van der Waals surface area contributed by atoms with Crippen molar-refractivity contribution >= 4 is 38.8 Å². The number of hydrogen-bond acceptors (Lipinski definition) is 6. The van der Waals surface area contributed by atoms with Crippen molar-refractivity contribution in [2.75, 3.05) is 17.8 Å². The van der Waals surface area contributed by atoms with Crippen molar-refractivity contribution in [2.45, 2.75) is 32.1 Å². The van der Waals surface area contributed by atoms with Gasteiger partial charge in [-0.15, -0.1) is 11.3 Å². The number of nitrogens with zero attached hydrogens (tertiary/aromatic N) is 1. The van der Waals surface area contributed by atoms with Crippen molar-refractivity contribution in [3.63, 3.8) is 0 Å². The van der Waals surface area contributed by atoms with Crippen LogP contribution in [-0.4, -0.2) is 17.7 Å². The molecule has 3 heterocycles. The number of nitrogens with one attached hydrogen (secondary N) is 1. The number of carbonyl (C=O) groups excluding carboxylic acids is 1. The van der Waals surface area contributed by atoms with E-state index in [1.807, 2.05) is 0 Å². The normalized spacial score (nSPS) is 15.4. The summed E-state index contributed by atoms with van der Waals surface area (Å²) >= 11 is 1.35. The fourth-order valence-corrected chi connectivity index (χ4v) is 4.66. The fraction of sp³-hybridized carbons (Fsp3) is 0.300. The largest absolute Gasteiger partial charge is 0.454 e. The highest BCUT2D eigenvalue weighted by molar-refractivity contribution is 7.21. The van der Waals surface area contributed by atoms with Gasteiger partial charge in [0.05, 0.1) is 5.69 Å². The van der Waals surface area contributed by atoms with Crippen LogP contribution in [0.15, 0.2) is 24.3 Å². The second-order valence-electron chi connectivity index (χ2n) is 6.87. The number of hydrogen-bond donors (Lipinski definition) is 2. The molecular formula is C20H19N3O3S. The van der Waals surface area contributed by atoms with Gasteiger partial charge < -0.3 is 20.5 Å². The average molecular weight is 381 g/mol. The highest BCUT2D eigenvalue weighted by Crippen LogP contribution is 2.37. The van der Waals surface area contributed by atoms with Crippen molar-refractivity contribution in [3.8, 4) is 11.5 Å². The molecular weight excluding hydrogens is 362 g/mol. The average Bonchev–Trinajstić information content (AvgIpc) is 3.17. The molecule has 7 heteroatoms. The number of aryl methyl sites for hydroxylation is 2. The lowest BCUT2D eigenvalue weighted by molar-refractivity contribution is 0.103. The minimum Gasteiger partial charge on any atom is -0.454 e. The Labute approximate surface area is 160 Å². The molecule has 138 valence electrons. The highest BCUT2D eigenvalue weighted by Gasteiger charge is 2.21. The Hall–Kier alpha value is -2.80. The molecule has 0 spiro atoms. The standard InChI is InChI=1S/C20H19N3O3S/c21-17-13-8-11-4-2-1-3-5-14(11)23-20(13)27-18(17)19(24)22-12-6-7-15-16(9-12)26-10-25-15/h6-9H,1-5,10,21H2,(H,22,24). The Morgan fingerprint density at radius 2 is 1.96 bits per heavy atom. The maximum Gasteiger partial charge on any atom is 0.267 e. The van der Waals surface area contributed by atoms with Crippen molar-refractivity contribution < 1.29 is 14.3 Å². The molecule has 2 aromatic heterocycles. The zero-order valence-corrected chi connectivity index (χ0v) is 15.5. The molecule has 3 N–H and O–H groups in total. The van der Waals surface area contributed by atoms with Crippen LogP contribution in [0.2, 0.25) is 0 Å². The zero-order chi connectivity index (χ0) is 18.4. The van der Waals surface area contributed by atoms with Crippen LogP contribution in [-0.2, 0) is 12.8 Å². The predicted octanol–water partition coefficient (Wildman–Crippen LogP) is 4.13. The van der Waals surface area contributed by atoms with Crippen LogP contribution < -0.4 is 20.5 Å². The van der Waals surface area contributed by atoms with Gasteiger partial charge in [-0.2, -0.15) is 0 Å². The number of rotatable bonds is 2. The van der Waals surface area contributed by atoms with Gasteiger partial charge in [0.15, 0.2) is 11.5 Å². The molecule has 1 aliphatic heterocycles. The Morgan fingerprint density at radius 3 is 2.89 bits per heavy atom. The topological polar surface area (TPSA) is 86.5 Å². The van der Waals surface area contributed by atoms with E-state index in [1.165, 1.54) is 36.2 Å². The summed E-state index contributed by atoms with van der Waals surface area (Å²) in [5.41, 5.74) is 9.90. The molecule has 2 aliphatic rings. The summed E-state index contributed by atoms with van der Waals surface area (Å²) in [4.78, 5) is 18.9. The van der Waals surface area contributed by atoms with Crippen LogP contribution in [0.4, 0.5) is 11.4 Å². The van der Waals surface area contributed by atoms with E-state index in [4.69, 9.17) is 20.2 Å². The minimum atomic E-state index is -0.232. The molecule has 5 rings (SSSR count). The van der Waals surface area contributed by atoms with Gasteiger partial charge in [-0.25, -0.2) is 4.98 Å². The van der Waals surface area contributed by atoms with Gasteiger partial charge in [-0.1, -0.05) is 6.42 Å². The lowest BCUT2D eigenvalue weighted by Gasteiger charge is -2.06. The van der Waals surface area contributed by atoms with Gasteiger partial charge in [-0.05, 0) is 49.4 Å². The van der Waals surface area contributed by atoms with E-state index in [0.29, 0.717) is 27.8 Å². The van der Waals surface area contributed by atoms with Crippen molar-refractivity contribution in [1.29, 1.82) is 0 Å². The molecule has 3 aromatic rings. The third kappa shape index (κ3) is 2.88. The fourth-order valence-electron chi connectivity index (χ4n) is 3.67. The molecule has 1 aromatic carbocycles.